The maximum Gasteiger partial charge on any atom is 0.361 e. The molecule has 0 aromatic carbocycles. The van der Waals surface area contributed by atoms with Crippen LogP contribution in [0.3, 0.4) is 0 Å². The second-order valence-electron chi connectivity index (χ2n) is 30.8. The van der Waals surface area contributed by atoms with Crippen LogP contribution in [0.25, 0.3) is 0 Å². The summed E-state index contributed by atoms with van der Waals surface area (Å²) in [6.07, 6.45) is 121. The zero-order valence-electron chi connectivity index (χ0n) is 69.4. The molecule has 0 heterocycles. The summed E-state index contributed by atoms with van der Waals surface area (Å²) in [7, 11) is 5.98. The van der Waals surface area contributed by atoms with E-state index < -0.39 is 24.3 Å². The van der Waals surface area contributed by atoms with Gasteiger partial charge in [-0.25, -0.2) is 4.79 Å². The minimum absolute atomic E-state index is 0.179. The highest BCUT2D eigenvalue weighted by molar-refractivity contribution is 5.71. The van der Waals surface area contributed by atoms with Gasteiger partial charge in [-0.1, -0.05) is 424 Å². The molecule has 105 heavy (non-hydrogen) atoms. The molecule has 0 rings (SSSR count). The fourth-order valence-electron chi connectivity index (χ4n) is 12.7. The summed E-state index contributed by atoms with van der Waals surface area (Å²) >= 11 is 0. The van der Waals surface area contributed by atoms with E-state index in [4.69, 9.17) is 18.9 Å². The minimum Gasteiger partial charge on any atom is -0.477 e. The lowest BCUT2D eigenvalue weighted by Crippen LogP contribution is -2.40. The van der Waals surface area contributed by atoms with Gasteiger partial charge in [0.05, 0.1) is 34.4 Å². The second kappa shape index (κ2) is 85.0. The van der Waals surface area contributed by atoms with Crippen LogP contribution in [0.5, 0.6) is 0 Å². The first-order valence-corrected chi connectivity index (χ1v) is 44.3. The Morgan fingerprint density at radius 2 is 0.543 bits per heavy atom. The number of allylic oxidation sites excluding steroid dienone is 22. The zero-order chi connectivity index (χ0) is 76.0. The predicted molar refractivity (Wildman–Crippen MR) is 456 cm³/mol. The molecule has 0 saturated heterocycles. The number of likely N-dealkylation sites (N-methyl/N-ethyl adjacent to an activating group) is 1. The van der Waals surface area contributed by atoms with Gasteiger partial charge in [0.2, 0.25) is 0 Å². The Kier molecular flexibility index (Phi) is 81.3. The van der Waals surface area contributed by atoms with Crippen LogP contribution >= 0.6 is 0 Å². The van der Waals surface area contributed by atoms with E-state index in [1.807, 2.05) is 21.1 Å². The van der Waals surface area contributed by atoms with Crippen molar-refractivity contribution in [3.63, 3.8) is 0 Å². The number of nitrogens with zero attached hydrogens (tertiary/aromatic N) is 1. The highest BCUT2D eigenvalue weighted by Crippen LogP contribution is 2.20. The summed E-state index contributed by atoms with van der Waals surface area (Å²) in [6, 6.07) is 0. The van der Waals surface area contributed by atoms with Gasteiger partial charge in [-0.15, -0.1) is 0 Å². The molecule has 0 aliphatic heterocycles. The van der Waals surface area contributed by atoms with Crippen LogP contribution in [0, 0.1) is 0 Å². The van der Waals surface area contributed by atoms with Gasteiger partial charge in [0.15, 0.2) is 6.10 Å². The summed E-state index contributed by atoms with van der Waals surface area (Å²) < 4.78 is 23.0. The van der Waals surface area contributed by atoms with Crippen molar-refractivity contribution in [1.29, 1.82) is 0 Å². The van der Waals surface area contributed by atoms with Gasteiger partial charge in [-0.3, -0.25) is 9.59 Å². The highest BCUT2D eigenvalue weighted by Gasteiger charge is 2.25. The summed E-state index contributed by atoms with van der Waals surface area (Å²) in [5.74, 6) is -2.02. The molecule has 0 aliphatic carbocycles. The lowest BCUT2D eigenvalue weighted by Gasteiger charge is -2.25. The van der Waals surface area contributed by atoms with E-state index in [-0.39, 0.29) is 32.2 Å². The van der Waals surface area contributed by atoms with Crippen molar-refractivity contribution in [2.24, 2.45) is 0 Å². The topological polar surface area (TPSA) is 108 Å². The van der Waals surface area contributed by atoms with E-state index in [2.05, 4.69) is 148 Å². The summed E-state index contributed by atoms with van der Waals surface area (Å²) in [5, 5.41) is 9.79. The third-order valence-electron chi connectivity index (χ3n) is 19.4. The van der Waals surface area contributed by atoms with Crippen molar-refractivity contribution in [3.05, 3.63) is 134 Å². The normalized spacial score (nSPS) is 13.3. The average Bonchev–Trinajstić information content (AvgIpc) is 1.97. The van der Waals surface area contributed by atoms with Crippen LogP contribution in [0.2, 0.25) is 0 Å². The van der Waals surface area contributed by atoms with E-state index in [0.29, 0.717) is 23.9 Å². The van der Waals surface area contributed by atoms with Crippen molar-refractivity contribution in [2.75, 3.05) is 47.5 Å². The van der Waals surface area contributed by atoms with Crippen LogP contribution in [0.1, 0.15) is 399 Å². The number of ether oxygens (including phenoxy) is 4. The average molecular weight is 1460 g/mol. The SMILES string of the molecule is CC/C=C\C/C=C\C/C=C\C/C=C\C/C=C\C/C=C\C/C=C\C/C=C\C/C=C\C/C=C\C/C=C\CCCCCCCC(=O)OC(COC(=O)CCCCCCCCCCCCCCCCCCCCCCCCCCCCCCCCCCCCCCCCCCC)COC(OCC[N+](C)(C)C)C(=O)O. The first-order valence-electron chi connectivity index (χ1n) is 44.3. The van der Waals surface area contributed by atoms with Crippen LogP contribution in [-0.4, -0.2) is 87.4 Å². The Hall–Kier alpha value is -4.57. The van der Waals surface area contributed by atoms with Crippen molar-refractivity contribution in [1.82, 2.24) is 0 Å². The molecule has 2 unspecified atom stereocenters. The van der Waals surface area contributed by atoms with Crippen LogP contribution in [0.4, 0.5) is 0 Å². The van der Waals surface area contributed by atoms with E-state index in [0.717, 1.165) is 122 Å². The number of quaternary nitrogens is 1. The molecular weight excluding hydrogens is 1300 g/mol. The Balaban J connectivity index is 4.03. The third kappa shape index (κ3) is 86.5. The Bertz CT molecular complexity index is 2200. The number of hydrogen-bond donors (Lipinski definition) is 1. The highest BCUT2D eigenvalue weighted by atomic mass is 16.7. The number of unbranched alkanes of at least 4 members (excludes halogenated alkanes) is 45. The number of carboxylic acids is 1. The Morgan fingerprint density at radius 1 is 0.295 bits per heavy atom. The lowest BCUT2D eigenvalue weighted by molar-refractivity contribution is -0.870. The summed E-state index contributed by atoms with van der Waals surface area (Å²) in [5.41, 5.74) is 0. The zero-order valence-corrected chi connectivity index (χ0v) is 69.4. The molecule has 0 saturated carbocycles. The molecule has 9 nitrogen and oxygen atoms in total. The van der Waals surface area contributed by atoms with Crippen molar-refractivity contribution < 1.29 is 42.9 Å². The molecule has 0 fully saturated rings. The van der Waals surface area contributed by atoms with E-state index in [9.17, 15) is 19.5 Å². The molecule has 1 N–H and O–H groups in total. The van der Waals surface area contributed by atoms with Crippen molar-refractivity contribution in [3.8, 4) is 0 Å². The predicted octanol–water partition coefficient (Wildman–Crippen LogP) is 29.2. The van der Waals surface area contributed by atoms with Gasteiger partial charge in [-0.05, 0) is 96.3 Å². The largest absolute Gasteiger partial charge is 0.477 e. The first kappa shape index (κ1) is 100. The quantitative estimate of drug-likeness (QED) is 0.0211. The second-order valence-corrected chi connectivity index (χ2v) is 30.8. The lowest BCUT2D eigenvalue weighted by atomic mass is 10.0. The molecule has 0 radical (unpaired) electrons. The molecule has 0 aromatic heterocycles. The van der Waals surface area contributed by atoms with Gasteiger partial charge >= 0.3 is 17.9 Å². The number of esters is 2. The monoisotopic (exact) mass is 1460 g/mol. The van der Waals surface area contributed by atoms with Crippen LogP contribution < -0.4 is 0 Å². The molecule has 0 aliphatic rings. The first-order chi connectivity index (χ1) is 51.6. The molecule has 9 heteroatoms. The van der Waals surface area contributed by atoms with Gasteiger partial charge in [0.1, 0.15) is 13.2 Å². The number of rotatable bonds is 82. The van der Waals surface area contributed by atoms with Crippen molar-refractivity contribution >= 4 is 17.9 Å². The van der Waals surface area contributed by atoms with Gasteiger partial charge in [0, 0.05) is 12.8 Å². The van der Waals surface area contributed by atoms with Gasteiger partial charge < -0.3 is 28.5 Å². The molecule has 0 spiro atoms. The molecule has 604 valence electrons. The van der Waals surface area contributed by atoms with E-state index in [1.54, 1.807) is 0 Å². The Morgan fingerprint density at radius 3 is 0.810 bits per heavy atom. The smallest absolute Gasteiger partial charge is 0.361 e. The number of aliphatic carboxylic acids is 1. The fraction of sp³-hybridized carbons (Fsp3) is 0.740. The van der Waals surface area contributed by atoms with Crippen molar-refractivity contribution in [2.45, 2.75) is 411 Å². The van der Waals surface area contributed by atoms with E-state index >= 15 is 0 Å². The molecule has 0 aromatic rings. The minimum atomic E-state index is -1.52. The molecule has 2 atom stereocenters. The summed E-state index contributed by atoms with van der Waals surface area (Å²) in [6.45, 7) is 4.78. The third-order valence-corrected chi connectivity index (χ3v) is 19.4. The standard InChI is InChI=1S/C96H167NO8/c1-6-8-10-12-14-16-18-20-22-24-26-28-30-32-34-36-38-40-42-44-46-47-49-50-52-54-56-58-60-62-64-66-68-70-72-74-76-78-80-82-84-86-93(98)103-90-92(91-104-96(95(100)101)102-89-88-97(3,4)5)105-94(99)87-85-83-81-79-77-75-73-71-69-67-65-63-61-59-57-55-53-51-48-45-43-41-39-37-35-33-31-29-27-25-23-21-19-17-15-13-11-9-7-2/h9,11,15,17,21,23,27,29,33,35,39,41,45,48,53,55,59,61,65,67,71,73,92,96H,6-8,10,12-14,16,18-20,22,24-26,28,30-32,34,36-38,40,42-44,46-47,49-52,54,56-58,60,62-64,66,68-70,72,74-91H2,1-5H3/p+1/b11-9-,17-15-,23-21-,29-27-,35-33-,41-39-,48-45-,55-53-,61-59-,67-65-,73-71-. The summed E-state index contributed by atoms with van der Waals surface area (Å²) in [4.78, 5) is 37.8. The Labute approximate surface area is 650 Å². The number of carbonyl (C=O) groups is 3. The fourth-order valence-corrected chi connectivity index (χ4v) is 12.7. The van der Waals surface area contributed by atoms with E-state index in [1.165, 1.54) is 244 Å². The number of carboxylic acid groups (broad SMARTS) is 1. The molecule has 0 amide bonds. The molecule has 0 bridgehead atoms. The van der Waals surface area contributed by atoms with Gasteiger partial charge in [0.25, 0.3) is 6.29 Å². The maximum atomic E-state index is 13.0. The molecular formula is C96H168NO8+. The van der Waals surface area contributed by atoms with Crippen LogP contribution in [-0.2, 0) is 33.3 Å². The number of hydrogen-bond acceptors (Lipinski definition) is 7. The number of carbonyl (C=O) groups excluding carboxylic acids is 2. The van der Waals surface area contributed by atoms with Crippen LogP contribution in [0.15, 0.2) is 134 Å². The van der Waals surface area contributed by atoms with Gasteiger partial charge in [-0.2, -0.15) is 0 Å². The maximum absolute atomic E-state index is 13.0.